The van der Waals surface area contributed by atoms with E-state index >= 15 is 0 Å². The van der Waals surface area contributed by atoms with Crippen molar-refractivity contribution in [1.82, 2.24) is 5.32 Å². The summed E-state index contributed by atoms with van der Waals surface area (Å²) in [6.45, 7) is 2.63. The first-order chi connectivity index (χ1) is 10.1. The summed E-state index contributed by atoms with van der Waals surface area (Å²) in [6.07, 6.45) is 0.958. The van der Waals surface area contributed by atoms with Gasteiger partial charge in [-0.2, -0.15) is 0 Å². The smallest absolute Gasteiger partial charge is 0.259 e. The fraction of sp³-hybridized carbons (Fsp3) is 0.467. The van der Waals surface area contributed by atoms with E-state index in [0.717, 1.165) is 12.1 Å². The number of imide groups is 1. The normalized spacial score (nSPS) is 27.0. The zero-order valence-corrected chi connectivity index (χ0v) is 12.0. The van der Waals surface area contributed by atoms with Crippen LogP contribution >= 0.6 is 0 Å². The van der Waals surface area contributed by atoms with Gasteiger partial charge in [0, 0.05) is 19.4 Å². The van der Waals surface area contributed by atoms with E-state index < -0.39 is 0 Å². The van der Waals surface area contributed by atoms with Gasteiger partial charge in [0.25, 0.3) is 11.8 Å². The van der Waals surface area contributed by atoms with Crippen LogP contribution in [0.5, 0.6) is 0 Å². The first-order valence-electron chi connectivity index (χ1n) is 7.04. The summed E-state index contributed by atoms with van der Waals surface area (Å²) in [5.74, 6) is -0.681. The van der Waals surface area contributed by atoms with Crippen LogP contribution in [-0.2, 0) is 9.47 Å². The van der Waals surface area contributed by atoms with E-state index in [1.807, 2.05) is 6.92 Å². The molecular weight excluding hydrogens is 272 g/mol. The van der Waals surface area contributed by atoms with Crippen LogP contribution in [0.4, 0.5) is 5.69 Å². The fourth-order valence-corrected chi connectivity index (χ4v) is 2.89. The summed E-state index contributed by atoms with van der Waals surface area (Å²) >= 11 is 0. The second kappa shape index (κ2) is 5.46. The minimum atomic E-state index is -0.345. The lowest BCUT2D eigenvalue weighted by Crippen LogP contribution is -2.56. The van der Waals surface area contributed by atoms with Gasteiger partial charge in [0.1, 0.15) is 6.10 Å². The molecule has 2 aliphatic rings. The van der Waals surface area contributed by atoms with E-state index in [1.165, 1.54) is 0 Å². The van der Waals surface area contributed by atoms with Gasteiger partial charge in [-0.15, -0.1) is 0 Å². The Labute approximate surface area is 122 Å². The molecule has 6 nitrogen and oxygen atoms in total. The number of ether oxygens (including phenoxy) is 2. The minimum Gasteiger partial charge on any atom is -0.379 e. The highest BCUT2D eigenvalue weighted by Crippen LogP contribution is 2.30. The summed E-state index contributed by atoms with van der Waals surface area (Å²) in [4.78, 5) is 23.2. The standard InChI is InChI=1S/C15H18N2O4/c1-3-21-12-7-11(13(12)20-2)16-8-4-5-9-10(6-8)15(19)17-14(9)18/h4-6,11-13,16H,3,7H2,1-2H3,(H,17,18,19). The van der Waals surface area contributed by atoms with Crippen molar-refractivity contribution in [2.24, 2.45) is 0 Å². The molecule has 1 aliphatic carbocycles. The van der Waals surface area contributed by atoms with Gasteiger partial charge >= 0.3 is 0 Å². The van der Waals surface area contributed by atoms with Crippen LogP contribution in [0.2, 0.25) is 0 Å². The van der Waals surface area contributed by atoms with Gasteiger partial charge in [-0.3, -0.25) is 14.9 Å². The van der Waals surface area contributed by atoms with E-state index in [4.69, 9.17) is 9.47 Å². The van der Waals surface area contributed by atoms with Gasteiger partial charge in [-0.1, -0.05) is 0 Å². The molecule has 21 heavy (non-hydrogen) atoms. The molecule has 0 bridgehead atoms. The average Bonchev–Trinajstić information content (AvgIpc) is 2.73. The van der Waals surface area contributed by atoms with Crippen LogP contribution in [0.15, 0.2) is 18.2 Å². The first-order valence-corrected chi connectivity index (χ1v) is 7.04. The molecule has 1 heterocycles. The van der Waals surface area contributed by atoms with E-state index in [0.29, 0.717) is 17.7 Å². The summed E-state index contributed by atoms with van der Waals surface area (Å²) in [5, 5.41) is 5.62. The number of carbonyl (C=O) groups is 2. The minimum absolute atomic E-state index is 0.00587. The third kappa shape index (κ3) is 2.41. The Morgan fingerprint density at radius 1 is 1.29 bits per heavy atom. The molecule has 6 heteroatoms. The topological polar surface area (TPSA) is 76.7 Å². The van der Waals surface area contributed by atoms with Crippen LogP contribution in [0, 0.1) is 0 Å². The maximum atomic E-state index is 11.7. The van der Waals surface area contributed by atoms with Crippen molar-refractivity contribution in [1.29, 1.82) is 0 Å². The molecule has 3 unspecified atom stereocenters. The SMILES string of the molecule is CCOC1CC(Nc2ccc3c(c2)C(=O)NC3=O)C1OC. The number of fused-ring (bicyclic) bond motifs is 1. The molecule has 1 saturated carbocycles. The molecule has 0 radical (unpaired) electrons. The number of hydrogen-bond donors (Lipinski definition) is 2. The van der Waals surface area contributed by atoms with Crippen molar-refractivity contribution in [3.8, 4) is 0 Å². The second-order valence-corrected chi connectivity index (χ2v) is 5.22. The Hall–Kier alpha value is -1.92. The van der Waals surface area contributed by atoms with Crippen LogP contribution in [0.1, 0.15) is 34.1 Å². The van der Waals surface area contributed by atoms with Gasteiger partial charge < -0.3 is 14.8 Å². The Morgan fingerprint density at radius 3 is 2.76 bits per heavy atom. The summed E-state index contributed by atoms with van der Waals surface area (Å²) in [5.41, 5.74) is 1.65. The third-order valence-corrected chi connectivity index (χ3v) is 3.99. The largest absolute Gasteiger partial charge is 0.379 e. The van der Waals surface area contributed by atoms with Crippen molar-refractivity contribution in [2.75, 3.05) is 19.0 Å². The van der Waals surface area contributed by atoms with E-state index in [-0.39, 0.29) is 30.1 Å². The molecule has 0 aromatic heterocycles. The van der Waals surface area contributed by atoms with E-state index in [1.54, 1.807) is 25.3 Å². The number of carbonyl (C=O) groups excluding carboxylic acids is 2. The second-order valence-electron chi connectivity index (χ2n) is 5.22. The monoisotopic (exact) mass is 290 g/mol. The molecule has 3 atom stereocenters. The number of methoxy groups -OCH3 is 1. The maximum Gasteiger partial charge on any atom is 0.259 e. The lowest BCUT2D eigenvalue weighted by atomic mass is 9.85. The molecule has 112 valence electrons. The highest BCUT2D eigenvalue weighted by Gasteiger charge is 2.42. The zero-order chi connectivity index (χ0) is 15.0. The van der Waals surface area contributed by atoms with Crippen molar-refractivity contribution in [3.63, 3.8) is 0 Å². The average molecular weight is 290 g/mol. The van der Waals surface area contributed by atoms with E-state index in [2.05, 4.69) is 10.6 Å². The predicted molar refractivity (Wildman–Crippen MR) is 76.5 cm³/mol. The number of rotatable bonds is 5. The van der Waals surface area contributed by atoms with Gasteiger partial charge in [-0.25, -0.2) is 0 Å². The third-order valence-electron chi connectivity index (χ3n) is 3.99. The fourth-order valence-electron chi connectivity index (χ4n) is 2.89. The Bertz CT molecular complexity index is 587. The molecule has 2 N–H and O–H groups in total. The van der Waals surface area contributed by atoms with Crippen molar-refractivity contribution in [2.45, 2.75) is 31.6 Å². The quantitative estimate of drug-likeness (QED) is 0.796. The van der Waals surface area contributed by atoms with Crippen molar-refractivity contribution < 1.29 is 19.1 Å². The summed E-state index contributed by atoms with van der Waals surface area (Å²) in [7, 11) is 1.67. The van der Waals surface area contributed by atoms with Gasteiger partial charge in [0.05, 0.1) is 23.3 Å². The molecule has 1 aromatic carbocycles. The molecule has 2 amide bonds. The van der Waals surface area contributed by atoms with Crippen LogP contribution < -0.4 is 10.6 Å². The number of amides is 2. The highest BCUT2D eigenvalue weighted by atomic mass is 16.5. The predicted octanol–water partition coefficient (Wildman–Crippen LogP) is 1.17. The van der Waals surface area contributed by atoms with Gasteiger partial charge in [0.2, 0.25) is 0 Å². The molecule has 0 spiro atoms. The number of benzene rings is 1. The lowest BCUT2D eigenvalue weighted by Gasteiger charge is -2.43. The lowest BCUT2D eigenvalue weighted by molar-refractivity contribution is -0.118. The molecule has 1 fully saturated rings. The number of nitrogens with one attached hydrogen (secondary N) is 2. The molecule has 1 aliphatic heterocycles. The van der Waals surface area contributed by atoms with Gasteiger partial charge in [-0.05, 0) is 31.5 Å². The van der Waals surface area contributed by atoms with Crippen LogP contribution in [0.25, 0.3) is 0 Å². The Kier molecular flexibility index (Phi) is 3.65. The first kappa shape index (κ1) is 14.0. The van der Waals surface area contributed by atoms with Crippen LogP contribution in [0.3, 0.4) is 0 Å². The van der Waals surface area contributed by atoms with Crippen molar-refractivity contribution >= 4 is 17.5 Å². The summed E-state index contributed by atoms with van der Waals surface area (Å²) in [6, 6.07) is 5.32. The summed E-state index contributed by atoms with van der Waals surface area (Å²) < 4.78 is 11.0. The van der Waals surface area contributed by atoms with E-state index in [9.17, 15) is 9.59 Å². The molecular formula is C15H18N2O4. The van der Waals surface area contributed by atoms with Gasteiger partial charge in [0.15, 0.2) is 0 Å². The molecule has 0 saturated heterocycles. The molecule has 1 aromatic rings. The van der Waals surface area contributed by atoms with Crippen molar-refractivity contribution in [3.05, 3.63) is 29.3 Å². The number of hydrogen-bond acceptors (Lipinski definition) is 5. The maximum absolute atomic E-state index is 11.7. The zero-order valence-electron chi connectivity index (χ0n) is 12.0. The van der Waals surface area contributed by atoms with Crippen LogP contribution in [-0.4, -0.2) is 43.8 Å². The molecule has 3 rings (SSSR count). The highest BCUT2D eigenvalue weighted by molar-refractivity contribution is 6.21. The Balaban J connectivity index is 1.71. The number of anilines is 1. The Morgan fingerprint density at radius 2 is 2.05 bits per heavy atom.